The number of aryl methyl sites for hydroxylation is 4. The standard InChI is InChI=1S/C23H28Si/c1-16-10-17(2)13-21(12-16)24(6,23-9-7-8-20(23)5)22-14-18(3)11-19(4)15-22/h7-8,10-15H,9H2,1-6H3. The molecule has 0 bridgehead atoms. The van der Waals surface area contributed by atoms with Gasteiger partial charge in [0.05, 0.1) is 0 Å². The molecule has 0 aliphatic heterocycles. The van der Waals surface area contributed by atoms with E-state index < -0.39 is 8.07 Å². The van der Waals surface area contributed by atoms with E-state index in [4.69, 9.17) is 0 Å². The van der Waals surface area contributed by atoms with E-state index in [1.54, 1.807) is 15.6 Å². The van der Waals surface area contributed by atoms with Gasteiger partial charge in [0.2, 0.25) is 0 Å². The Bertz CT molecular complexity index is 760. The number of hydrogen-bond acceptors (Lipinski definition) is 0. The quantitative estimate of drug-likeness (QED) is 0.699. The molecule has 2 aromatic rings. The highest BCUT2D eigenvalue weighted by Gasteiger charge is 2.37. The summed E-state index contributed by atoms with van der Waals surface area (Å²) in [7, 11) is -1.94. The van der Waals surface area contributed by atoms with Crippen LogP contribution in [0.4, 0.5) is 0 Å². The second-order valence-corrected chi connectivity index (χ2v) is 11.7. The summed E-state index contributed by atoms with van der Waals surface area (Å²) in [6.45, 7) is 13.7. The molecule has 1 heteroatoms. The molecule has 0 fully saturated rings. The molecule has 0 amide bonds. The summed E-state index contributed by atoms with van der Waals surface area (Å²) < 4.78 is 0. The smallest absolute Gasteiger partial charge is 0.0806 e. The van der Waals surface area contributed by atoms with E-state index in [-0.39, 0.29) is 0 Å². The van der Waals surface area contributed by atoms with Gasteiger partial charge < -0.3 is 0 Å². The van der Waals surface area contributed by atoms with Crippen molar-refractivity contribution < 1.29 is 0 Å². The van der Waals surface area contributed by atoms with Crippen LogP contribution in [0.5, 0.6) is 0 Å². The molecule has 2 aromatic carbocycles. The summed E-state index contributed by atoms with van der Waals surface area (Å²) >= 11 is 0. The first kappa shape index (κ1) is 17.0. The summed E-state index contributed by atoms with van der Waals surface area (Å²) in [4.78, 5) is 0. The van der Waals surface area contributed by atoms with Crippen molar-refractivity contribution in [2.75, 3.05) is 0 Å². The highest BCUT2D eigenvalue weighted by atomic mass is 28.3. The Morgan fingerprint density at radius 2 is 1.08 bits per heavy atom. The lowest BCUT2D eigenvalue weighted by Crippen LogP contribution is -2.58. The van der Waals surface area contributed by atoms with Crippen molar-refractivity contribution in [3.05, 3.63) is 81.6 Å². The fourth-order valence-corrected chi connectivity index (χ4v) is 8.75. The van der Waals surface area contributed by atoms with Crippen molar-refractivity contribution >= 4 is 18.4 Å². The molecular weight excluding hydrogens is 304 g/mol. The Balaban J connectivity index is 2.31. The largest absolute Gasteiger partial charge is 0.142 e. The zero-order chi connectivity index (χ0) is 17.5. The summed E-state index contributed by atoms with van der Waals surface area (Å²) in [5.74, 6) is 0. The molecule has 0 saturated carbocycles. The van der Waals surface area contributed by atoms with E-state index >= 15 is 0 Å². The Hall–Kier alpha value is -1.86. The number of rotatable bonds is 3. The Labute approximate surface area is 147 Å². The van der Waals surface area contributed by atoms with Gasteiger partial charge in [-0.3, -0.25) is 0 Å². The van der Waals surface area contributed by atoms with Gasteiger partial charge in [0, 0.05) is 0 Å². The minimum atomic E-state index is -1.94. The van der Waals surface area contributed by atoms with Crippen molar-refractivity contribution in [1.82, 2.24) is 0 Å². The lowest BCUT2D eigenvalue weighted by molar-refractivity contribution is 1.32. The van der Waals surface area contributed by atoms with E-state index in [1.165, 1.54) is 27.8 Å². The van der Waals surface area contributed by atoms with Crippen LogP contribution in [0.1, 0.15) is 35.6 Å². The van der Waals surface area contributed by atoms with Crippen LogP contribution in [0.3, 0.4) is 0 Å². The number of benzene rings is 2. The van der Waals surface area contributed by atoms with E-state index in [0.717, 1.165) is 6.42 Å². The van der Waals surface area contributed by atoms with Gasteiger partial charge in [0.15, 0.2) is 0 Å². The minimum absolute atomic E-state index is 1.11. The topological polar surface area (TPSA) is 0 Å². The van der Waals surface area contributed by atoms with E-state index in [1.807, 2.05) is 0 Å². The van der Waals surface area contributed by atoms with Gasteiger partial charge in [0.25, 0.3) is 0 Å². The normalized spacial score (nSPS) is 14.6. The third kappa shape index (κ3) is 2.93. The lowest BCUT2D eigenvalue weighted by Gasteiger charge is -2.33. The van der Waals surface area contributed by atoms with Crippen LogP contribution < -0.4 is 10.4 Å². The molecule has 24 heavy (non-hydrogen) atoms. The molecule has 1 aliphatic carbocycles. The maximum atomic E-state index is 2.54. The molecule has 0 nitrogen and oxygen atoms in total. The average molecular weight is 333 g/mol. The average Bonchev–Trinajstić information content (AvgIpc) is 2.91. The van der Waals surface area contributed by atoms with Gasteiger partial charge in [-0.2, -0.15) is 0 Å². The second-order valence-electron chi connectivity index (χ2n) is 7.65. The molecule has 0 unspecified atom stereocenters. The van der Waals surface area contributed by atoms with Crippen LogP contribution in [0, 0.1) is 27.7 Å². The third-order valence-corrected chi connectivity index (χ3v) is 10.1. The van der Waals surface area contributed by atoms with Gasteiger partial charge in [-0.1, -0.05) is 88.1 Å². The number of allylic oxidation sites excluding steroid dienone is 4. The fraction of sp³-hybridized carbons (Fsp3) is 0.304. The van der Waals surface area contributed by atoms with Gasteiger partial charge in [0.1, 0.15) is 8.07 Å². The number of hydrogen-bond donors (Lipinski definition) is 0. The lowest BCUT2D eigenvalue weighted by atomic mass is 10.2. The maximum absolute atomic E-state index is 2.54. The summed E-state index contributed by atoms with van der Waals surface area (Å²) in [5.41, 5.74) is 6.96. The molecule has 0 N–H and O–H groups in total. The first-order valence-electron chi connectivity index (χ1n) is 8.85. The molecule has 0 atom stereocenters. The van der Waals surface area contributed by atoms with Crippen molar-refractivity contribution in [1.29, 1.82) is 0 Å². The fourth-order valence-electron chi connectivity index (χ4n) is 4.26. The minimum Gasteiger partial charge on any atom is -0.0806 e. The van der Waals surface area contributed by atoms with Crippen LogP contribution in [-0.2, 0) is 0 Å². The Morgan fingerprint density at radius 3 is 1.42 bits per heavy atom. The van der Waals surface area contributed by atoms with E-state index in [9.17, 15) is 0 Å². The third-order valence-electron chi connectivity index (χ3n) is 5.37. The van der Waals surface area contributed by atoms with Crippen molar-refractivity contribution in [2.45, 2.75) is 47.6 Å². The van der Waals surface area contributed by atoms with Crippen LogP contribution in [0.25, 0.3) is 0 Å². The molecule has 0 radical (unpaired) electrons. The van der Waals surface area contributed by atoms with Crippen molar-refractivity contribution in [3.8, 4) is 0 Å². The van der Waals surface area contributed by atoms with Crippen molar-refractivity contribution in [2.24, 2.45) is 0 Å². The van der Waals surface area contributed by atoms with E-state index in [2.05, 4.69) is 89.7 Å². The second kappa shape index (κ2) is 6.21. The predicted octanol–water partition coefficient (Wildman–Crippen LogP) is 4.93. The Kier molecular flexibility index (Phi) is 4.40. The predicted molar refractivity (Wildman–Crippen MR) is 109 cm³/mol. The van der Waals surface area contributed by atoms with Gasteiger partial charge in [-0.25, -0.2) is 0 Å². The van der Waals surface area contributed by atoms with Gasteiger partial charge in [-0.05, 0) is 51.4 Å². The van der Waals surface area contributed by atoms with Crippen LogP contribution in [0.15, 0.2) is 59.3 Å². The maximum Gasteiger partial charge on any atom is 0.142 e. The zero-order valence-electron chi connectivity index (χ0n) is 15.8. The first-order chi connectivity index (χ1) is 11.3. The van der Waals surface area contributed by atoms with E-state index in [0.29, 0.717) is 0 Å². The zero-order valence-corrected chi connectivity index (χ0v) is 16.8. The monoisotopic (exact) mass is 332 g/mol. The molecule has 0 aromatic heterocycles. The van der Waals surface area contributed by atoms with Gasteiger partial charge in [-0.15, -0.1) is 0 Å². The summed E-state index contributed by atoms with van der Waals surface area (Å²) in [6.07, 6.45) is 5.75. The van der Waals surface area contributed by atoms with Gasteiger partial charge >= 0.3 is 0 Å². The van der Waals surface area contributed by atoms with Crippen molar-refractivity contribution in [3.63, 3.8) is 0 Å². The summed E-state index contributed by atoms with van der Waals surface area (Å²) in [5, 5.41) is 4.75. The first-order valence-corrected chi connectivity index (χ1v) is 11.3. The highest BCUT2D eigenvalue weighted by molar-refractivity contribution is 7.06. The molecular formula is C23H28Si. The van der Waals surface area contributed by atoms with Crippen LogP contribution in [-0.4, -0.2) is 8.07 Å². The summed E-state index contributed by atoms with van der Waals surface area (Å²) in [6, 6.07) is 14.3. The molecule has 0 spiro atoms. The molecule has 1 aliphatic rings. The molecule has 0 heterocycles. The Morgan fingerprint density at radius 1 is 0.667 bits per heavy atom. The molecule has 0 saturated heterocycles. The molecule has 3 rings (SSSR count). The SMILES string of the molecule is CC1=C([Si](C)(c2cc(C)cc(C)c2)c2cc(C)cc(C)c2)CC=C1. The highest BCUT2D eigenvalue weighted by Crippen LogP contribution is 2.29. The van der Waals surface area contributed by atoms with Crippen LogP contribution >= 0.6 is 0 Å². The van der Waals surface area contributed by atoms with Crippen LogP contribution in [0.2, 0.25) is 6.55 Å². The molecule has 124 valence electrons.